The molecule has 0 radical (unpaired) electrons. The van der Waals surface area contributed by atoms with E-state index in [-0.39, 0.29) is 10.7 Å². The second kappa shape index (κ2) is 6.51. The van der Waals surface area contributed by atoms with Crippen molar-refractivity contribution in [1.82, 2.24) is 0 Å². The Kier molecular flexibility index (Phi) is 4.80. The molecule has 0 fully saturated rings. The molecule has 136 valence electrons. The van der Waals surface area contributed by atoms with E-state index in [0.29, 0.717) is 32.0 Å². The summed E-state index contributed by atoms with van der Waals surface area (Å²) in [6.45, 7) is 3.40. The summed E-state index contributed by atoms with van der Waals surface area (Å²) < 4.78 is 30.0. The van der Waals surface area contributed by atoms with Crippen LogP contribution in [0.1, 0.15) is 25.0 Å². The maximum atomic E-state index is 12.9. The number of ether oxygens (including phenoxy) is 1. The first-order valence-electron chi connectivity index (χ1n) is 7.75. The van der Waals surface area contributed by atoms with Gasteiger partial charge in [0.25, 0.3) is 0 Å². The molecule has 0 amide bonds. The topological polar surface area (TPSA) is 60.4 Å². The van der Waals surface area contributed by atoms with Crippen LogP contribution >= 0.6 is 27.5 Å². The number of benzene rings is 2. The number of halogens is 2. The lowest BCUT2D eigenvalue weighted by Gasteiger charge is -2.18. The van der Waals surface area contributed by atoms with Gasteiger partial charge in [-0.1, -0.05) is 23.7 Å². The summed E-state index contributed by atoms with van der Waals surface area (Å²) >= 11 is 9.38. The van der Waals surface area contributed by atoms with Gasteiger partial charge in [-0.2, -0.15) is 0 Å². The quantitative estimate of drug-likeness (QED) is 0.670. The van der Waals surface area contributed by atoms with Crippen molar-refractivity contribution in [1.29, 1.82) is 0 Å². The van der Waals surface area contributed by atoms with E-state index >= 15 is 0 Å². The van der Waals surface area contributed by atoms with Crippen LogP contribution in [0.5, 0.6) is 0 Å². The first kappa shape index (κ1) is 19.1. The Bertz CT molecular complexity index is 1050. The molecule has 26 heavy (non-hydrogen) atoms. The highest BCUT2D eigenvalue weighted by Crippen LogP contribution is 2.42. The third-order valence-electron chi connectivity index (χ3n) is 4.06. The molecule has 1 aliphatic heterocycles. The zero-order valence-corrected chi connectivity index (χ0v) is 17.5. The molecule has 1 aliphatic rings. The molecule has 4 nitrogen and oxygen atoms in total. The van der Waals surface area contributed by atoms with Gasteiger partial charge in [0.05, 0.1) is 10.5 Å². The summed E-state index contributed by atoms with van der Waals surface area (Å²) in [4.78, 5) is 13.1. The van der Waals surface area contributed by atoms with Crippen molar-refractivity contribution in [3.05, 3.63) is 63.1 Å². The molecule has 0 N–H and O–H groups in total. The van der Waals surface area contributed by atoms with Gasteiger partial charge in [0.1, 0.15) is 5.76 Å². The summed E-state index contributed by atoms with van der Waals surface area (Å²) in [5.74, 6) is 0.251. The molecule has 0 aromatic heterocycles. The summed E-state index contributed by atoms with van der Waals surface area (Å²) in [5.41, 5.74) is 0.677. The molecule has 0 atom stereocenters. The minimum absolute atomic E-state index is 0.155. The summed E-state index contributed by atoms with van der Waals surface area (Å²) in [6.07, 6.45) is 1.14. The van der Waals surface area contributed by atoms with Crippen LogP contribution < -0.4 is 0 Å². The number of carbonyl (C=O) groups excluding carboxylic acids is 1. The standard InChI is InChI=1S/C19H16BrClO4S/c1-19(2)18(22)16(11-5-4-6-13(21)9-11)17(25-19)12-7-8-15(14(20)10-12)26(3,23)24/h4-10H,1-3H3. The number of hydrogen-bond donors (Lipinski definition) is 0. The minimum atomic E-state index is -3.37. The van der Waals surface area contributed by atoms with Gasteiger partial charge in [-0.15, -0.1) is 0 Å². The van der Waals surface area contributed by atoms with E-state index in [9.17, 15) is 13.2 Å². The summed E-state index contributed by atoms with van der Waals surface area (Å²) in [6, 6.07) is 11.8. The molecule has 0 saturated heterocycles. The average molecular weight is 456 g/mol. The monoisotopic (exact) mass is 454 g/mol. The maximum absolute atomic E-state index is 12.9. The Morgan fingerprint density at radius 2 is 1.77 bits per heavy atom. The molecule has 2 aromatic rings. The fraction of sp³-hybridized carbons (Fsp3) is 0.211. The maximum Gasteiger partial charge on any atom is 0.210 e. The molecule has 3 rings (SSSR count). The van der Waals surface area contributed by atoms with Crippen molar-refractivity contribution in [2.24, 2.45) is 0 Å². The van der Waals surface area contributed by atoms with E-state index in [0.717, 1.165) is 6.26 Å². The van der Waals surface area contributed by atoms with E-state index in [1.54, 1.807) is 50.2 Å². The van der Waals surface area contributed by atoms with Crippen LogP contribution in [0.15, 0.2) is 51.8 Å². The van der Waals surface area contributed by atoms with Crippen LogP contribution in [0.25, 0.3) is 11.3 Å². The van der Waals surface area contributed by atoms with Crippen LogP contribution in [0, 0.1) is 0 Å². The largest absolute Gasteiger partial charge is 0.478 e. The van der Waals surface area contributed by atoms with Gasteiger partial charge in [-0.3, -0.25) is 4.79 Å². The van der Waals surface area contributed by atoms with Gasteiger partial charge in [0.15, 0.2) is 15.4 Å². The van der Waals surface area contributed by atoms with Crippen molar-refractivity contribution < 1.29 is 17.9 Å². The smallest absolute Gasteiger partial charge is 0.210 e. The van der Waals surface area contributed by atoms with E-state index in [1.165, 1.54) is 6.07 Å². The molecule has 2 aromatic carbocycles. The molecular formula is C19H16BrClO4S. The Labute approximate surface area is 165 Å². The van der Waals surface area contributed by atoms with E-state index in [1.807, 2.05) is 0 Å². The number of Topliss-reactive ketones (excluding diaryl/α,β-unsaturated/α-hetero) is 1. The van der Waals surface area contributed by atoms with Crippen LogP contribution in [-0.2, 0) is 19.4 Å². The van der Waals surface area contributed by atoms with Crippen molar-refractivity contribution in [3.63, 3.8) is 0 Å². The van der Waals surface area contributed by atoms with Crippen molar-refractivity contribution >= 4 is 54.5 Å². The molecule has 0 spiro atoms. The molecule has 0 aliphatic carbocycles. The highest BCUT2D eigenvalue weighted by atomic mass is 79.9. The first-order chi connectivity index (χ1) is 12.0. The van der Waals surface area contributed by atoms with E-state index in [4.69, 9.17) is 16.3 Å². The predicted octanol–water partition coefficient (Wildman–Crippen LogP) is 4.75. The van der Waals surface area contributed by atoms with Crippen LogP contribution in [0.4, 0.5) is 0 Å². The van der Waals surface area contributed by atoms with Crippen LogP contribution in [0.2, 0.25) is 5.02 Å². The molecule has 0 bridgehead atoms. The molecule has 0 saturated carbocycles. The third-order valence-corrected chi connectivity index (χ3v) is 6.37. The number of ketones is 1. The lowest BCUT2D eigenvalue weighted by Crippen LogP contribution is -2.29. The first-order valence-corrected chi connectivity index (χ1v) is 10.8. The number of sulfone groups is 1. The summed E-state index contributed by atoms with van der Waals surface area (Å²) in [5, 5.41) is 0.514. The van der Waals surface area contributed by atoms with Gasteiger partial charge in [0, 0.05) is 21.3 Å². The molecule has 7 heteroatoms. The normalized spacial score (nSPS) is 16.7. The fourth-order valence-corrected chi connectivity index (χ4v) is 4.99. The van der Waals surface area contributed by atoms with Crippen molar-refractivity contribution in [3.8, 4) is 0 Å². The predicted molar refractivity (Wildman–Crippen MR) is 106 cm³/mol. The average Bonchev–Trinajstić information content (AvgIpc) is 2.76. The lowest BCUT2D eigenvalue weighted by atomic mass is 9.93. The number of carbonyl (C=O) groups is 1. The molecular weight excluding hydrogens is 440 g/mol. The second-order valence-corrected chi connectivity index (χ2v) is 9.85. The molecule has 1 heterocycles. The Hall–Kier alpha value is -1.63. The van der Waals surface area contributed by atoms with Crippen LogP contribution in [0.3, 0.4) is 0 Å². The van der Waals surface area contributed by atoms with Crippen molar-refractivity contribution in [2.75, 3.05) is 6.26 Å². The van der Waals surface area contributed by atoms with Gasteiger partial charge in [-0.05, 0) is 65.7 Å². The Morgan fingerprint density at radius 1 is 1.08 bits per heavy atom. The SMILES string of the molecule is CC1(C)OC(c2ccc(S(C)(=O)=O)c(Br)c2)=C(c2cccc(Cl)c2)C1=O. The minimum Gasteiger partial charge on any atom is -0.478 e. The zero-order chi connectivity index (χ0) is 19.3. The van der Waals surface area contributed by atoms with Gasteiger partial charge < -0.3 is 4.74 Å². The Morgan fingerprint density at radius 3 is 2.35 bits per heavy atom. The van der Waals surface area contributed by atoms with E-state index < -0.39 is 15.4 Å². The second-order valence-electron chi connectivity index (χ2n) is 6.57. The van der Waals surface area contributed by atoms with E-state index in [2.05, 4.69) is 15.9 Å². The van der Waals surface area contributed by atoms with Crippen LogP contribution in [-0.4, -0.2) is 26.1 Å². The Balaban J connectivity index is 2.22. The fourth-order valence-electron chi connectivity index (χ4n) is 2.81. The highest BCUT2D eigenvalue weighted by molar-refractivity contribution is 9.10. The highest BCUT2D eigenvalue weighted by Gasteiger charge is 2.42. The van der Waals surface area contributed by atoms with Crippen molar-refractivity contribution in [2.45, 2.75) is 24.3 Å². The molecule has 0 unspecified atom stereocenters. The third kappa shape index (κ3) is 3.46. The summed E-state index contributed by atoms with van der Waals surface area (Å²) in [7, 11) is -3.37. The lowest BCUT2D eigenvalue weighted by molar-refractivity contribution is -0.125. The number of hydrogen-bond acceptors (Lipinski definition) is 4. The van der Waals surface area contributed by atoms with Gasteiger partial charge in [0.2, 0.25) is 5.78 Å². The number of rotatable bonds is 3. The van der Waals surface area contributed by atoms with Gasteiger partial charge in [-0.25, -0.2) is 8.42 Å². The zero-order valence-electron chi connectivity index (χ0n) is 14.3. The van der Waals surface area contributed by atoms with Gasteiger partial charge >= 0.3 is 0 Å².